The predicted molar refractivity (Wildman–Crippen MR) is 109 cm³/mol. The van der Waals surface area contributed by atoms with Crippen LogP contribution in [0.15, 0.2) is 52.9 Å². The molecule has 0 aliphatic heterocycles. The largest absolute Gasteiger partial charge is 0.313 e. The highest BCUT2D eigenvalue weighted by Crippen LogP contribution is 2.43. The van der Waals surface area contributed by atoms with Crippen molar-refractivity contribution in [3.05, 3.63) is 70.5 Å². The molecule has 140 valence electrons. The average Bonchev–Trinajstić information content (AvgIpc) is 2.87. The Balaban J connectivity index is 2.05. The zero-order valence-electron chi connectivity index (χ0n) is 15.6. The van der Waals surface area contributed by atoms with Gasteiger partial charge in [0.2, 0.25) is 0 Å². The molecule has 0 fully saturated rings. The highest BCUT2D eigenvalue weighted by molar-refractivity contribution is 7.84. The monoisotopic (exact) mass is 383 g/mol. The zero-order chi connectivity index (χ0) is 19.6. The first-order valence-corrected chi connectivity index (χ1v) is 10.3. The third kappa shape index (κ3) is 4.15. The Morgan fingerprint density at radius 3 is 2.48 bits per heavy atom. The molecule has 5 heteroatoms. The van der Waals surface area contributed by atoms with Gasteiger partial charge >= 0.3 is 0 Å². The average molecular weight is 383 g/mol. The molecule has 2 aromatic rings. The lowest BCUT2D eigenvalue weighted by atomic mass is 10.00. The minimum Gasteiger partial charge on any atom is -0.313 e. The molecule has 1 N–H and O–H groups in total. The lowest BCUT2D eigenvalue weighted by Crippen LogP contribution is -2.18. The lowest BCUT2D eigenvalue weighted by Gasteiger charge is -2.06. The molecule has 3 nitrogen and oxygen atoms in total. The number of hydrogen-bond donors (Lipinski definition) is 1. The van der Waals surface area contributed by atoms with Crippen molar-refractivity contribution in [1.29, 1.82) is 0 Å². The fourth-order valence-corrected chi connectivity index (χ4v) is 3.88. The van der Waals surface area contributed by atoms with Crippen molar-refractivity contribution in [2.24, 2.45) is 0 Å². The number of carbonyl (C=O) groups excluding carboxylic acids is 1. The summed E-state index contributed by atoms with van der Waals surface area (Å²) in [6, 6.07) is 12.3. The van der Waals surface area contributed by atoms with Gasteiger partial charge in [-0.1, -0.05) is 18.2 Å². The van der Waals surface area contributed by atoms with Gasteiger partial charge in [-0.05, 0) is 77.7 Å². The van der Waals surface area contributed by atoms with Crippen LogP contribution in [0.25, 0.3) is 17.2 Å². The summed E-state index contributed by atoms with van der Waals surface area (Å²) in [6.07, 6.45) is 3.95. The number of carbonyl (C=O) groups is 1. The van der Waals surface area contributed by atoms with E-state index >= 15 is 0 Å². The summed E-state index contributed by atoms with van der Waals surface area (Å²) < 4.78 is 25.4. The Hall–Kier alpha value is -2.37. The standard InChI is InChI=1S/C22H22FNO2S/c1-14-20(10-15-4-7-18(8-5-15)27(3)26)19-9-6-16(23)11-22(19)21(14)12-17(25)13-24-2/h4-11,24H,12-13H2,1-3H3/b20-10-. The summed E-state index contributed by atoms with van der Waals surface area (Å²) >= 11 is 0. The summed E-state index contributed by atoms with van der Waals surface area (Å²) in [6.45, 7) is 2.26. The number of nitrogens with one attached hydrogen (secondary N) is 1. The number of Topliss-reactive ketones (excluding diaryl/α,β-unsaturated/α-hetero) is 1. The summed E-state index contributed by atoms with van der Waals surface area (Å²) in [5.74, 6) is -0.241. The first-order chi connectivity index (χ1) is 12.9. The summed E-state index contributed by atoms with van der Waals surface area (Å²) in [5, 5.41) is 2.87. The number of allylic oxidation sites excluding steroid dienone is 3. The van der Waals surface area contributed by atoms with E-state index in [0.717, 1.165) is 38.3 Å². The van der Waals surface area contributed by atoms with Crippen molar-refractivity contribution >= 4 is 33.8 Å². The molecule has 0 radical (unpaired) electrons. The van der Waals surface area contributed by atoms with Crippen molar-refractivity contribution in [2.75, 3.05) is 19.8 Å². The molecule has 0 bridgehead atoms. The van der Waals surface area contributed by atoms with Gasteiger partial charge in [-0.25, -0.2) is 4.39 Å². The molecule has 0 saturated heterocycles. The first kappa shape index (κ1) is 19.4. The molecule has 1 aliphatic carbocycles. The molecule has 3 rings (SSSR count). The Bertz CT molecular complexity index is 974. The van der Waals surface area contributed by atoms with Crippen LogP contribution in [0.4, 0.5) is 4.39 Å². The molecule has 0 heterocycles. The third-order valence-electron chi connectivity index (χ3n) is 4.72. The maximum Gasteiger partial charge on any atom is 0.150 e. The maximum absolute atomic E-state index is 13.9. The minimum atomic E-state index is -1.02. The second-order valence-corrected chi connectivity index (χ2v) is 8.00. The molecule has 0 aromatic heterocycles. The van der Waals surface area contributed by atoms with Crippen LogP contribution in [0.1, 0.15) is 30.0 Å². The van der Waals surface area contributed by atoms with Crippen LogP contribution in [0.3, 0.4) is 0 Å². The maximum atomic E-state index is 13.9. The smallest absolute Gasteiger partial charge is 0.150 e. The van der Waals surface area contributed by atoms with E-state index in [1.54, 1.807) is 19.4 Å². The number of halogens is 1. The SMILES string of the molecule is CNCC(=O)CC1=C(C)/C(=C/c2ccc(S(C)=O)cc2)c2ccc(F)cc21. The molecule has 0 saturated carbocycles. The van der Waals surface area contributed by atoms with Gasteiger partial charge in [-0.3, -0.25) is 9.00 Å². The Labute approximate surface area is 161 Å². The second kappa shape index (κ2) is 8.11. The van der Waals surface area contributed by atoms with Crippen molar-refractivity contribution in [1.82, 2.24) is 5.32 Å². The molecular formula is C22H22FNO2S. The van der Waals surface area contributed by atoms with Gasteiger partial charge in [0.25, 0.3) is 0 Å². The van der Waals surface area contributed by atoms with Gasteiger partial charge in [0.05, 0.1) is 6.54 Å². The number of ketones is 1. The number of likely N-dealkylation sites (N-methyl/N-ethyl adjacent to an activating group) is 1. The van der Waals surface area contributed by atoms with Crippen molar-refractivity contribution in [3.8, 4) is 0 Å². The Morgan fingerprint density at radius 2 is 1.85 bits per heavy atom. The van der Waals surface area contributed by atoms with Gasteiger partial charge in [0, 0.05) is 28.4 Å². The number of hydrogen-bond acceptors (Lipinski definition) is 3. The molecule has 1 atom stereocenters. The van der Waals surface area contributed by atoms with Crippen LogP contribution >= 0.6 is 0 Å². The van der Waals surface area contributed by atoms with E-state index < -0.39 is 10.8 Å². The van der Waals surface area contributed by atoms with Crippen LogP contribution in [-0.4, -0.2) is 29.8 Å². The van der Waals surface area contributed by atoms with E-state index in [4.69, 9.17) is 0 Å². The summed E-state index contributed by atoms with van der Waals surface area (Å²) in [5.41, 5.74) is 5.54. The van der Waals surface area contributed by atoms with E-state index in [2.05, 4.69) is 5.32 Å². The fourth-order valence-electron chi connectivity index (χ4n) is 3.36. The third-order valence-corrected chi connectivity index (χ3v) is 5.66. The number of rotatable bonds is 6. The van der Waals surface area contributed by atoms with E-state index in [1.165, 1.54) is 12.1 Å². The molecule has 1 aliphatic rings. The molecule has 1 unspecified atom stereocenters. The fraction of sp³-hybridized carbons (Fsp3) is 0.227. The predicted octanol–water partition coefficient (Wildman–Crippen LogP) is 4.07. The molecular weight excluding hydrogens is 361 g/mol. The van der Waals surface area contributed by atoms with Crippen LogP contribution in [0.2, 0.25) is 0 Å². The Morgan fingerprint density at radius 1 is 1.15 bits per heavy atom. The second-order valence-electron chi connectivity index (χ2n) is 6.62. The molecule has 2 aromatic carbocycles. The minimum absolute atomic E-state index is 0.0677. The van der Waals surface area contributed by atoms with Crippen LogP contribution in [0, 0.1) is 5.82 Å². The summed E-state index contributed by atoms with van der Waals surface area (Å²) in [7, 11) is 0.719. The number of benzene rings is 2. The van der Waals surface area contributed by atoms with E-state index in [0.29, 0.717) is 0 Å². The zero-order valence-corrected chi connectivity index (χ0v) is 16.5. The van der Waals surface area contributed by atoms with E-state index in [-0.39, 0.29) is 24.6 Å². The van der Waals surface area contributed by atoms with Gasteiger partial charge in [-0.15, -0.1) is 0 Å². The lowest BCUT2D eigenvalue weighted by molar-refractivity contribution is -0.117. The number of fused-ring (bicyclic) bond motifs is 1. The highest BCUT2D eigenvalue weighted by atomic mass is 32.2. The molecule has 27 heavy (non-hydrogen) atoms. The van der Waals surface area contributed by atoms with Crippen LogP contribution in [0.5, 0.6) is 0 Å². The molecule has 0 amide bonds. The van der Waals surface area contributed by atoms with Gasteiger partial charge in [0.15, 0.2) is 5.78 Å². The van der Waals surface area contributed by atoms with E-state index in [1.807, 2.05) is 37.3 Å². The van der Waals surface area contributed by atoms with Gasteiger partial charge in [0.1, 0.15) is 5.82 Å². The van der Waals surface area contributed by atoms with Gasteiger partial charge < -0.3 is 5.32 Å². The van der Waals surface area contributed by atoms with Gasteiger partial charge in [-0.2, -0.15) is 0 Å². The quantitative estimate of drug-likeness (QED) is 0.818. The first-order valence-electron chi connectivity index (χ1n) is 8.72. The van der Waals surface area contributed by atoms with E-state index in [9.17, 15) is 13.4 Å². The van der Waals surface area contributed by atoms with Crippen LogP contribution < -0.4 is 5.32 Å². The molecule has 0 spiro atoms. The Kier molecular flexibility index (Phi) is 5.82. The van der Waals surface area contributed by atoms with Crippen molar-refractivity contribution in [2.45, 2.75) is 18.2 Å². The summed E-state index contributed by atoms with van der Waals surface area (Å²) in [4.78, 5) is 12.9. The topological polar surface area (TPSA) is 46.2 Å². The normalized spacial score (nSPS) is 15.9. The van der Waals surface area contributed by atoms with Crippen molar-refractivity contribution in [3.63, 3.8) is 0 Å². The van der Waals surface area contributed by atoms with Crippen molar-refractivity contribution < 1.29 is 13.4 Å². The highest BCUT2D eigenvalue weighted by Gasteiger charge is 2.25. The van der Waals surface area contributed by atoms with Crippen LogP contribution in [-0.2, 0) is 15.6 Å².